The summed E-state index contributed by atoms with van der Waals surface area (Å²) in [6.45, 7) is 12.3. The van der Waals surface area contributed by atoms with Crippen molar-refractivity contribution in [3.05, 3.63) is 78.4 Å². The van der Waals surface area contributed by atoms with Gasteiger partial charge in [0.1, 0.15) is 23.2 Å². The highest BCUT2D eigenvalue weighted by atomic mass is 19.1. The van der Waals surface area contributed by atoms with Crippen LogP contribution in [-0.4, -0.2) is 64.7 Å². The van der Waals surface area contributed by atoms with Crippen molar-refractivity contribution in [2.24, 2.45) is 17.6 Å². The number of nitrogens with zero attached hydrogens (tertiary/aromatic N) is 5. The molecule has 3 fully saturated rings. The lowest BCUT2D eigenvalue weighted by Crippen LogP contribution is -2.46. The zero-order valence-corrected chi connectivity index (χ0v) is 29.8. The summed E-state index contributed by atoms with van der Waals surface area (Å²) >= 11 is 0. The Morgan fingerprint density at radius 2 is 1.73 bits per heavy atom. The van der Waals surface area contributed by atoms with Crippen LogP contribution in [0.2, 0.25) is 0 Å². The summed E-state index contributed by atoms with van der Waals surface area (Å²) in [6, 6.07) is 11.0. The monoisotopic (exact) mass is 702 g/mol. The smallest absolute Gasteiger partial charge is 0.240 e. The molecule has 4 aliphatic rings. The van der Waals surface area contributed by atoms with Gasteiger partial charge < -0.3 is 34.8 Å². The highest BCUT2D eigenvalue weighted by Crippen LogP contribution is 2.53. The first-order chi connectivity index (χ1) is 25.0. The van der Waals surface area contributed by atoms with Crippen LogP contribution in [0.4, 0.5) is 4.39 Å². The van der Waals surface area contributed by atoms with Crippen molar-refractivity contribution in [2.45, 2.75) is 83.8 Å². The molecule has 5 aromatic rings. The van der Waals surface area contributed by atoms with E-state index in [0.717, 1.165) is 59.2 Å². The number of ether oxygens (including phenoxy) is 1. The molecule has 52 heavy (non-hydrogen) atoms. The van der Waals surface area contributed by atoms with E-state index in [-0.39, 0.29) is 29.8 Å². The first-order valence-electron chi connectivity index (χ1n) is 18.2. The average Bonchev–Trinajstić information content (AvgIpc) is 3.76. The molecule has 4 N–H and O–H groups in total. The molecule has 2 amide bonds. The van der Waals surface area contributed by atoms with Crippen LogP contribution < -0.4 is 10.5 Å². The van der Waals surface area contributed by atoms with Crippen molar-refractivity contribution in [3.63, 3.8) is 0 Å². The van der Waals surface area contributed by atoms with Gasteiger partial charge in [0.15, 0.2) is 6.23 Å². The minimum Gasteiger partial charge on any atom is -0.465 e. The molecular weight excluding hydrogens is 659 g/mol. The van der Waals surface area contributed by atoms with Crippen LogP contribution in [0.5, 0.6) is 5.75 Å². The van der Waals surface area contributed by atoms with E-state index in [9.17, 15) is 9.59 Å². The number of hydrogen-bond acceptors (Lipinski definition) is 6. The Labute approximate surface area is 301 Å². The maximum Gasteiger partial charge on any atom is 0.240 e. The Bertz CT molecular complexity index is 2280. The molecular formula is C40H43FN8O3. The number of amides is 2. The predicted octanol–water partition coefficient (Wildman–Crippen LogP) is 7.02. The third kappa shape index (κ3) is 5.09. The molecule has 1 saturated carbocycles. The van der Waals surface area contributed by atoms with Gasteiger partial charge in [-0.1, -0.05) is 26.5 Å². The van der Waals surface area contributed by atoms with Crippen molar-refractivity contribution < 1.29 is 18.7 Å². The number of imidazole rings is 2. The fourth-order valence-electron chi connectivity index (χ4n) is 8.67. The summed E-state index contributed by atoms with van der Waals surface area (Å²) in [5, 5.41) is 0.924. The van der Waals surface area contributed by atoms with Crippen LogP contribution in [-0.2, 0) is 9.59 Å². The van der Waals surface area contributed by atoms with E-state index in [2.05, 4.69) is 27.6 Å². The molecule has 3 aliphatic heterocycles. The molecule has 0 bridgehead atoms. The van der Waals surface area contributed by atoms with Gasteiger partial charge in [0.25, 0.3) is 0 Å². The second-order valence-electron chi connectivity index (χ2n) is 15.4. The third-order valence-electron chi connectivity index (χ3n) is 11.5. The van der Waals surface area contributed by atoms with E-state index in [1.807, 2.05) is 65.6 Å². The molecule has 1 unspecified atom stereocenters. The number of piperidine rings is 1. The van der Waals surface area contributed by atoms with E-state index < -0.39 is 18.1 Å². The number of H-pyrrole nitrogens is 2. The van der Waals surface area contributed by atoms with Crippen molar-refractivity contribution in [2.75, 3.05) is 6.54 Å². The zero-order chi connectivity index (χ0) is 36.2. The highest BCUT2D eigenvalue weighted by molar-refractivity contribution is 5.92. The largest absolute Gasteiger partial charge is 0.465 e. The minimum absolute atomic E-state index is 0.0260. The number of nitrogens with one attached hydrogen (secondary N) is 2. The quantitative estimate of drug-likeness (QED) is 0.156. The fourth-order valence-corrected chi connectivity index (χ4v) is 8.67. The van der Waals surface area contributed by atoms with E-state index in [1.54, 1.807) is 13.1 Å². The molecule has 1 aliphatic carbocycles. The van der Waals surface area contributed by atoms with E-state index in [4.69, 9.17) is 15.5 Å². The Kier molecular flexibility index (Phi) is 7.48. The maximum atomic E-state index is 16.3. The molecule has 9 rings (SSSR count). The highest BCUT2D eigenvalue weighted by Gasteiger charge is 2.54. The Morgan fingerprint density at radius 1 is 1.00 bits per heavy atom. The zero-order valence-electron chi connectivity index (χ0n) is 29.8. The maximum absolute atomic E-state index is 16.3. The number of fused-ring (bicyclic) bond motifs is 6. The van der Waals surface area contributed by atoms with Gasteiger partial charge in [-0.15, -0.1) is 0 Å². The van der Waals surface area contributed by atoms with Crippen LogP contribution in [0.15, 0.2) is 60.9 Å². The predicted molar refractivity (Wildman–Crippen MR) is 195 cm³/mol. The van der Waals surface area contributed by atoms with Crippen molar-refractivity contribution >= 4 is 22.7 Å². The van der Waals surface area contributed by atoms with Crippen LogP contribution in [0.1, 0.15) is 83.3 Å². The lowest BCUT2D eigenvalue weighted by Gasteiger charge is -2.30. The van der Waals surface area contributed by atoms with Crippen molar-refractivity contribution in [1.82, 2.24) is 34.3 Å². The van der Waals surface area contributed by atoms with Crippen LogP contribution >= 0.6 is 0 Å². The Morgan fingerprint density at radius 3 is 2.44 bits per heavy atom. The van der Waals surface area contributed by atoms with E-state index in [1.165, 1.54) is 6.07 Å². The SMILES string of the molecule is C=C(C)C1Oc2cc(-c3cnc([C@@H]4CCCN4C(=O)[C@@H](N)C(C)C)[nH]3)cc(F)c2-c2cc3cc(-c4cnc([C@@H]5C[C@H]6C[C@H]6N5C(C)=O)[nH]4)ccc3n21. The summed E-state index contributed by atoms with van der Waals surface area (Å²) in [4.78, 5) is 45.5. The second-order valence-corrected chi connectivity index (χ2v) is 15.4. The lowest BCUT2D eigenvalue weighted by atomic mass is 10.0. The lowest BCUT2D eigenvalue weighted by molar-refractivity contribution is -0.134. The van der Waals surface area contributed by atoms with Gasteiger partial charge in [0.05, 0.1) is 58.7 Å². The van der Waals surface area contributed by atoms with Crippen LogP contribution in [0.25, 0.3) is 44.7 Å². The number of rotatable bonds is 7. The number of halogens is 1. The molecule has 3 aromatic heterocycles. The third-order valence-corrected chi connectivity index (χ3v) is 11.5. The van der Waals surface area contributed by atoms with Gasteiger partial charge in [0, 0.05) is 36.0 Å². The summed E-state index contributed by atoms with van der Waals surface area (Å²) < 4.78 is 24.9. The standard InChI is InChI=1S/C40H43FN8O3/c1-19(2)36(42)39(51)47-10-6-7-30(47)37-43-18-28(46-37)23-12-26(41)35-32-14-24-11-22(8-9-29(24)49(32)40(20(3)4)52-34(35)16-23)27-17-44-38(45-27)33-15-25-13-31(25)48(33)21(5)50/h8-9,11-12,14,16-19,25,30-31,33,36,40H,3,6-7,10,13,15,42H2,1-2,4-5H3,(H,43,46)(H,44,45)/t25-,30+,31-,33+,36+,40?/m1/s1. The number of nitrogens with two attached hydrogens (primary N) is 1. The number of likely N-dealkylation sites (tertiary alicyclic amines) is 2. The topological polar surface area (TPSA) is 138 Å². The molecule has 0 spiro atoms. The summed E-state index contributed by atoms with van der Waals surface area (Å²) in [5.41, 5.74) is 12.0. The number of carbonyl (C=O) groups excluding carboxylic acids is 2. The number of hydrogen-bond donors (Lipinski definition) is 3. The molecule has 6 heterocycles. The van der Waals surface area contributed by atoms with Gasteiger partial charge in [0.2, 0.25) is 11.8 Å². The first kappa shape index (κ1) is 32.7. The van der Waals surface area contributed by atoms with Gasteiger partial charge >= 0.3 is 0 Å². The number of aromatic amines is 2. The van der Waals surface area contributed by atoms with Gasteiger partial charge in [-0.2, -0.15) is 0 Å². The Hall–Kier alpha value is -5.23. The Balaban J connectivity index is 1.04. The summed E-state index contributed by atoms with van der Waals surface area (Å²) in [5.74, 6) is 2.08. The minimum atomic E-state index is -0.573. The number of carbonyl (C=O) groups is 2. The fraction of sp³-hybridized carbons (Fsp3) is 0.400. The van der Waals surface area contributed by atoms with Crippen molar-refractivity contribution in [1.29, 1.82) is 0 Å². The van der Waals surface area contributed by atoms with Crippen LogP contribution in [0.3, 0.4) is 0 Å². The van der Waals surface area contributed by atoms with Crippen molar-refractivity contribution in [3.8, 4) is 39.5 Å². The van der Waals surface area contributed by atoms with Gasteiger partial charge in [-0.25, -0.2) is 14.4 Å². The molecule has 0 radical (unpaired) electrons. The molecule has 268 valence electrons. The summed E-state index contributed by atoms with van der Waals surface area (Å²) in [7, 11) is 0. The first-order valence-corrected chi connectivity index (χ1v) is 18.2. The average molecular weight is 703 g/mol. The van der Waals surface area contributed by atoms with E-state index >= 15 is 4.39 Å². The van der Waals surface area contributed by atoms with Crippen LogP contribution in [0, 0.1) is 17.7 Å². The molecule has 12 heteroatoms. The normalized spacial score (nSPS) is 23.8. The molecule has 6 atom stereocenters. The van der Waals surface area contributed by atoms with E-state index in [0.29, 0.717) is 52.6 Å². The number of benzene rings is 2. The van der Waals surface area contributed by atoms with Gasteiger partial charge in [-0.05, 0) is 80.3 Å². The molecule has 2 aromatic carbocycles. The summed E-state index contributed by atoms with van der Waals surface area (Å²) in [6.07, 6.45) is 6.62. The molecule has 2 saturated heterocycles. The van der Waals surface area contributed by atoms with Gasteiger partial charge in [-0.3, -0.25) is 9.59 Å². The molecule has 11 nitrogen and oxygen atoms in total. The number of aromatic nitrogens is 5. The second kappa shape index (κ2) is 11.9.